The lowest BCUT2D eigenvalue weighted by Crippen LogP contribution is -2.45. The van der Waals surface area contributed by atoms with Crippen molar-refractivity contribution in [3.05, 3.63) is 34.3 Å². The van der Waals surface area contributed by atoms with Crippen LogP contribution in [0.3, 0.4) is 0 Å². The van der Waals surface area contributed by atoms with Gasteiger partial charge < -0.3 is 15.8 Å². The van der Waals surface area contributed by atoms with Crippen molar-refractivity contribution in [1.82, 2.24) is 5.32 Å². The highest BCUT2D eigenvalue weighted by atomic mass is 79.9. The predicted octanol–water partition coefficient (Wildman–Crippen LogP) is 2.35. The van der Waals surface area contributed by atoms with Crippen LogP contribution in [0, 0.1) is 0 Å². The van der Waals surface area contributed by atoms with Crippen molar-refractivity contribution in [3.63, 3.8) is 0 Å². The molecule has 1 atom stereocenters. The Morgan fingerprint density at radius 2 is 2.00 bits per heavy atom. The number of carbonyl (C=O) groups excluding carboxylic acids is 1. The van der Waals surface area contributed by atoms with E-state index in [0.29, 0.717) is 13.0 Å². The van der Waals surface area contributed by atoms with Gasteiger partial charge in [0.05, 0.1) is 0 Å². The summed E-state index contributed by atoms with van der Waals surface area (Å²) in [5, 5.41) is 3.05. The molecule has 2 rings (SSSR count). The molecule has 1 heterocycles. The van der Waals surface area contributed by atoms with Gasteiger partial charge in [-0.25, -0.2) is 0 Å². The second kappa shape index (κ2) is 7.38. The van der Waals surface area contributed by atoms with E-state index in [9.17, 15) is 4.79 Å². The molecule has 1 amide bonds. The molecule has 1 aliphatic rings. The van der Waals surface area contributed by atoms with Crippen LogP contribution in [0.25, 0.3) is 0 Å². The first kappa shape index (κ1) is 16.5. The fourth-order valence-electron chi connectivity index (χ4n) is 2.77. The molecule has 0 saturated carbocycles. The summed E-state index contributed by atoms with van der Waals surface area (Å²) >= 11 is 3.47. The summed E-state index contributed by atoms with van der Waals surface area (Å²) in [6.45, 7) is 3.96. The summed E-state index contributed by atoms with van der Waals surface area (Å²) in [5.74, 6) is 0.0213. The Hall–Kier alpha value is -0.910. The minimum Gasteiger partial charge on any atom is -0.381 e. The van der Waals surface area contributed by atoms with E-state index in [4.69, 9.17) is 10.5 Å². The van der Waals surface area contributed by atoms with Crippen LogP contribution in [-0.2, 0) is 14.9 Å². The lowest BCUT2D eigenvalue weighted by molar-refractivity contribution is -0.121. The SMILES string of the molecule is CC(N)CC(=O)NCC1(c2ccc(Br)cc2)CCOCC1. The maximum absolute atomic E-state index is 11.9. The van der Waals surface area contributed by atoms with Crippen LogP contribution in [0.4, 0.5) is 0 Å². The van der Waals surface area contributed by atoms with Crippen LogP contribution in [-0.4, -0.2) is 31.7 Å². The highest BCUT2D eigenvalue weighted by Gasteiger charge is 2.34. The monoisotopic (exact) mass is 354 g/mol. The van der Waals surface area contributed by atoms with Crippen molar-refractivity contribution in [1.29, 1.82) is 0 Å². The number of nitrogens with one attached hydrogen (secondary N) is 1. The summed E-state index contributed by atoms with van der Waals surface area (Å²) in [7, 11) is 0. The molecule has 1 aromatic carbocycles. The molecule has 0 spiro atoms. The fourth-order valence-corrected chi connectivity index (χ4v) is 3.03. The van der Waals surface area contributed by atoms with Gasteiger partial charge in [0, 0.05) is 42.1 Å². The number of amides is 1. The number of nitrogens with two attached hydrogens (primary N) is 1. The van der Waals surface area contributed by atoms with Crippen LogP contribution in [0.15, 0.2) is 28.7 Å². The van der Waals surface area contributed by atoms with Gasteiger partial charge in [-0.05, 0) is 37.5 Å². The fraction of sp³-hybridized carbons (Fsp3) is 0.562. The Morgan fingerprint density at radius 1 is 1.38 bits per heavy atom. The molecule has 1 aromatic rings. The van der Waals surface area contributed by atoms with E-state index >= 15 is 0 Å². The van der Waals surface area contributed by atoms with Gasteiger partial charge in [0.1, 0.15) is 0 Å². The zero-order valence-corrected chi connectivity index (χ0v) is 14.0. The predicted molar refractivity (Wildman–Crippen MR) is 87.1 cm³/mol. The smallest absolute Gasteiger partial charge is 0.221 e. The van der Waals surface area contributed by atoms with Gasteiger partial charge >= 0.3 is 0 Å². The van der Waals surface area contributed by atoms with Crippen molar-refractivity contribution in [2.24, 2.45) is 5.73 Å². The summed E-state index contributed by atoms with van der Waals surface area (Å²) in [6.07, 6.45) is 2.22. The average molecular weight is 355 g/mol. The molecule has 0 bridgehead atoms. The molecule has 0 aliphatic carbocycles. The number of carbonyl (C=O) groups is 1. The number of ether oxygens (including phenoxy) is 1. The first-order valence-electron chi connectivity index (χ1n) is 7.38. The molecule has 0 aromatic heterocycles. The molecule has 1 fully saturated rings. The normalized spacial score (nSPS) is 19.0. The van der Waals surface area contributed by atoms with E-state index in [1.165, 1.54) is 5.56 Å². The zero-order chi connectivity index (χ0) is 15.3. The average Bonchev–Trinajstić information content (AvgIpc) is 2.46. The van der Waals surface area contributed by atoms with E-state index in [0.717, 1.165) is 30.5 Å². The van der Waals surface area contributed by atoms with Gasteiger partial charge in [-0.2, -0.15) is 0 Å². The third kappa shape index (κ3) is 4.53. The number of benzene rings is 1. The summed E-state index contributed by atoms with van der Waals surface area (Å²) in [5.41, 5.74) is 6.90. The van der Waals surface area contributed by atoms with Crippen molar-refractivity contribution in [2.75, 3.05) is 19.8 Å². The van der Waals surface area contributed by atoms with Gasteiger partial charge in [-0.1, -0.05) is 28.1 Å². The number of hydrogen-bond acceptors (Lipinski definition) is 3. The Labute approximate surface area is 134 Å². The second-order valence-corrected chi connectivity index (χ2v) is 6.77. The molecule has 1 unspecified atom stereocenters. The number of halogens is 1. The van der Waals surface area contributed by atoms with Crippen molar-refractivity contribution in [3.8, 4) is 0 Å². The van der Waals surface area contributed by atoms with E-state index in [1.54, 1.807) is 0 Å². The summed E-state index contributed by atoms with van der Waals surface area (Å²) in [4.78, 5) is 11.9. The molecule has 5 heteroatoms. The molecule has 4 nitrogen and oxygen atoms in total. The van der Waals surface area contributed by atoms with Crippen LogP contribution in [0.1, 0.15) is 31.7 Å². The Balaban J connectivity index is 2.10. The van der Waals surface area contributed by atoms with Crippen LogP contribution < -0.4 is 11.1 Å². The Bertz CT molecular complexity index is 468. The zero-order valence-electron chi connectivity index (χ0n) is 12.4. The summed E-state index contributed by atoms with van der Waals surface area (Å²) in [6, 6.07) is 8.26. The molecule has 1 aliphatic heterocycles. The second-order valence-electron chi connectivity index (χ2n) is 5.86. The van der Waals surface area contributed by atoms with E-state index < -0.39 is 0 Å². The minimum atomic E-state index is -0.108. The highest BCUT2D eigenvalue weighted by molar-refractivity contribution is 9.10. The quantitative estimate of drug-likeness (QED) is 0.852. The molecule has 3 N–H and O–H groups in total. The van der Waals surface area contributed by atoms with E-state index in [-0.39, 0.29) is 17.4 Å². The molecular weight excluding hydrogens is 332 g/mol. The number of hydrogen-bond donors (Lipinski definition) is 2. The maximum atomic E-state index is 11.9. The van der Waals surface area contributed by atoms with Gasteiger partial charge in [-0.3, -0.25) is 4.79 Å². The Morgan fingerprint density at radius 3 is 2.57 bits per heavy atom. The minimum absolute atomic E-state index is 0.0213. The molecule has 21 heavy (non-hydrogen) atoms. The van der Waals surface area contributed by atoms with Crippen molar-refractivity contribution in [2.45, 2.75) is 37.6 Å². The van der Waals surface area contributed by atoms with Crippen molar-refractivity contribution < 1.29 is 9.53 Å². The first-order chi connectivity index (χ1) is 10.0. The van der Waals surface area contributed by atoms with E-state index in [1.807, 2.05) is 6.92 Å². The van der Waals surface area contributed by atoms with Gasteiger partial charge in [0.15, 0.2) is 0 Å². The molecular formula is C16H23BrN2O2. The third-order valence-corrected chi connectivity index (χ3v) is 4.57. The number of rotatable bonds is 5. The van der Waals surface area contributed by atoms with E-state index in [2.05, 4.69) is 45.5 Å². The highest BCUT2D eigenvalue weighted by Crippen LogP contribution is 2.34. The first-order valence-corrected chi connectivity index (χ1v) is 8.17. The molecule has 0 radical (unpaired) electrons. The standard InChI is InChI=1S/C16H23BrN2O2/c1-12(18)10-15(20)19-11-16(6-8-21-9-7-16)13-2-4-14(17)5-3-13/h2-5,12H,6-11,18H2,1H3,(H,19,20). The van der Waals surface area contributed by atoms with Crippen LogP contribution in [0.5, 0.6) is 0 Å². The molecule has 116 valence electrons. The van der Waals surface area contributed by atoms with Crippen LogP contribution in [0.2, 0.25) is 0 Å². The van der Waals surface area contributed by atoms with Gasteiger partial charge in [0.25, 0.3) is 0 Å². The third-order valence-electron chi connectivity index (χ3n) is 4.04. The topological polar surface area (TPSA) is 64.4 Å². The largest absolute Gasteiger partial charge is 0.381 e. The lowest BCUT2D eigenvalue weighted by Gasteiger charge is -2.38. The van der Waals surface area contributed by atoms with Gasteiger partial charge in [0.2, 0.25) is 5.91 Å². The molecule has 1 saturated heterocycles. The van der Waals surface area contributed by atoms with Gasteiger partial charge in [-0.15, -0.1) is 0 Å². The lowest BCUT2D eigenvalue weighted by atomic mass is 9.74. The van der Waals surface area contributed by atoms with Crippen LogP contribution >= 0.6 is 15.9 Å². The van der Waals surface area contributed by atoms with Crippen molar-refractivity contribution >= 4 is 21.8 Å². The summed E-state index contributed by atoms with van der Waals surface area (Å²) < 4.78 is 6.56. The maximum Gasteiger partial charge on any atom is 0.221 e. The Kier molecular flexibility index (Phi) is 5.79.